The van der Waals surface area contributed by atoms with Gasteiger partial charge in [-0.3, -0.25) is 9.69 Å². The van der Waals surface area contributed by atoms with Crippen LogP contribution >= 0.6 is 11.3 Å². The minimum absolute atomic E-state index is 0.272. The fraction of sp³-hybridized carbons (Fsp3) is 0.448. The minimum atomic E-state index is -0.679. The largest absolute Gasteiger partial charge is 0.472 e. The van der Waals surface area contributed by atoms with Gasteiger partial charge in [-0.25, -0.2) is 14.6 Å². The van der Waals surface area contributed by atoms with Crippen molar-refractivity contribution < 1.29 is 28.3 Å². The number of carbonyl (C=O) groups is 3. The van der Waals surface area contributed by atoms with E-state index in [1.807, 2.05) is 43.2 Å². The zero-order chi connectivity index (χ0) is 29.9. The number of furan rings is 1. The van der Waals surface area contributed by atoms with E-state index in [0.29, 0.717) is 43.4 Å². The van der Waals surface area contributed by atoms with Crippen LogP contribution in [0, 0.1) is 0 Å². The van der Waals surface area contributed by atoms with Crippen molar-refractivity contribution in [2.75, 3.05) is 48.3 Å². The molecule has 41 heavy (non-hydrogen) atoms. The van der Waals surface area contributed by atoms with Gasteiger partial charge in [-0.1, -0.05) is 6.07 Å². The van der Waals surface area contributed by atoms with Gasteiger partial charge in [0, 0.05) is 44.2 Å². The van der Waals surface area contributed by atoms with Gasteiger partial charge in [0.05, 0.1) is 23.9 Å². The number of amides is 3. The van der Waals surface area contributed by atoms with Crippen molar-refractivity contribution in [1.29, 1.82) is 0 Å². The average Bonchev–Trinajstić information content (AvgIpc) is 3.59. The van der Waals surface area contributed by atoms with Gasteiger partial charge in [-0.2, -0.15) is 0 Å². The molecule has 0 saturated carbocycles. The summed E-state index contributed by atoms with van der Waals surface area (Å²) in [5.41, 5.74) is 1.29. The molecule has 2 aromatic heterocycles. The van der Waals surface area contributed by atoms with Crippen LogP contribution < -0.4 is 15.1 Å². The van der Waals surface area contributed by atoms with Crippen LogP contribution in [-0.4, -0.2) is 72.4 Å². The third-order valence-corrected chi connectivity index (χ3v) is 6.90. The molecule has 1 saturated heterocycles. The summed E-state index contributed by atoms with van der Waals surface area (Å²) in [5, 5.41) is 5.03. The number of rotatable bonds is 5. The van der Waals surface area contributed by atoms with Crippen molar-refractivity contribution in [2.45, 2.75) is 52.7 Å². The molecule has 1 N–H and O–H groups in total. The Morgan fingerprint density at radius 1 is 0.976 bits per heavy atom. The Hall–Kier alpha value is -4.06. The molecule has 0 radical (unpaired) electrons. The fourth-order valence-electron chi connectivity index (χ4n) is 4.10. The first kappa shape index (κ1) is 29.9. The average molecular weight is 584 g/mol. The molecule has 0 spiro atoms. The van der Waals surface area contributed by atoms with Crippen molar-refractivity contribution in [3.63, 3.8) is 0 Å². The number of aromatic nitrogens is 1. The summed E-state index contributed by atoms with van der Waals surface area (Å²) >= 11 is 1.23. The molecule has 3 amide bonds. The van der Waals surface area contributed by atoms with E-state index in [9.17, 15) is 14.4 Å². The molecule has 3 heterocycles. The van der Waals surface area contributed by atoms with E-state index in [1.165, 1.54) is 16.2 Å². The molecule has 0 bridgehead atoms. The van der Waals surface area contributed by atoms with Crippen LogP contribution in [-0.2, 0) is 9.47 Å². The molecule has 1 aliphatic heterocycles. The van der Waals surface area contributed by atoms with Gasteiger partial charge in [0.2, 0.25) is 0 Å². The zero-order valence-corrected chi connectivity index (χ0v) is 25.3. The number of nitrogens with zero attached hydrogens (tertiary/aromatic N) is 4. The van der Waals surface area contributed by atoms with Crippen LogP contribution in [0.1, 0.15) is 51.3 Å². The predicted molar refractivity (Wildman–Crippen MR) is 159 cm³/mol. The number of carbonyl (C=O) groups excluding carboxylic acids is 3. The Kier molecular flexibility index (Phi) is 8.62. The van der Waals surface area contributed by atoms with Crippen LogP contribution in [0.4, 0.5) is 26.8 Å². The standard InChI is InChI=1S/C29H37N5O6S/c1-28(2,3)39-26(36)32(7)22-9-8-19(20-10-15-38-17-20)16-21(22)30-24(35)25-31-23(18-41-25)33-11-13-34(14-12-33)27(37)40-29(4,5)6/h8-10,15-18H,11-14H2,1-7H3,(H,30,35). The van der Waals surface area contributed by atoms with Gasteiger partial charge < -0.3 is 29.0 Å². The number of hydrogen-bond acceptors (Lipinski definition) is 9. The summed E-state index contributed by atoms with van der Waals surface area (Å²) in [6.07, 6.45) is 2.29. The Labute approximate surface area is 244 Å². The third kappa shape index (κ3) is 7.78. The fourth-order valence-corrected chi connectivity index (χ4v) is 4.82. The summed E-state index contributed by atoms with van der Waals surface area (Å²) in [6.45, 7) is 13.0. The lowest BCUT2D eigenvalue weighted by Crippen LogP contribution is -2.50. The summed E-state index contributed by atoms with van der Waals surface area (Å²) in [4.78, 5) is 48.2. The lowest BCUT2D eigenvalue weighted by Gasteiger charge is -2.35. The predicted octanol–water partition coefficient (Wildman–Crippen LogP) is 6.08. The van der Waals surface area contributed by atoms with Crippen LogP contribution in [0.5, 0.6) is 0 Å². The molecule has 1 aromatic carbocycles. The SMILES string of the molecule is CN(C(=O)OC(C)(C)C)c1ccc(-c2ccoc2)cc1NC(=O)c1nc(N2CCN(C(=O)OC(C)(C)C)CC2)cs1. The summed E-state index contributed by atoms with van der Waals surface area (Å²) < 4.78 is 16.2. The van der Waals surface area contributed by atoms with Crippen molar-refractivity contribution in [3.05, 3.63) is 47.2 Å². The van der Waals surface area contributed by atoms with Gasteiger partial charge >= 0.3 is 12.2 Å². The van der Waals surface area contributed by atoms with Crippen molar-refractivity contribution in [2.24, 2.45) is 0 Å². The monoisotopic (exact) mass is 583 g/mol. The molecule has 4 rings (SSSR count). The lowest BCUT2D eigenvalue weighted by molar-refractivity contribution is 0.0240. The second-order valence-electron chi connectivity index (χ2n) is 11.7. The Morgan fingerprint density at radius 2 is 1.66 bits per heavy atom. The van der Waals surface area contributed by atoms with E-state index in [2.05, 4.69) is 10.3 Å². The second kappa shape index (κ2) is 11.8. The normalized spacial score (nSPS) is 14.0. The molecule has 1 aliphatic rings. The van der Waals surface area contributed by atoms with E-state index in [1.54, 1.807) is 57.4 Å². The number of nitrogens with one attached hydrogen (secondary N) is 1. The highest BCUT2D eigenvalue weighted by Gasteiger charge is 2.28. The maximum atomic E-state index is 13.4. The molecule has 1 fully saturated rings. The molecule has 0 aliphatic carbocycles. The molecule has 0 unspecified atom stereocenters. The highest BCUT2D eigenvalue weighted by atomic mass is 32.1. The van der Waals surface area contributed by atoms with E-state index in [4.69, 9.17) is 13.9 Å². The molecule has 12 heteroatoms. The summed E-state index contributed by atoms with van der Waals surface area (Å²) in [6, 6.07) is 7.19. The first-order chi connectivity index (χ1) is 19.2. The number of piperazine rings is 1. The number of anilines is 3. The van der Waals surface area contributed by atoms with Crippen molar-refractivity contribution >= 4 is 46.6 Å². The van der Waals surface area contributed by atoms with Gasteiger partial charge in [0.15, 0.2) is 5.01 Å². The minimum Gasteiger partial charge on any atom is -0.472 e. The topological polar surface area (TPSA) is 117 Å². The molecular formula is C29H37N5O6S. The molecule has 3 aromatic rings. The maximum Gasteiger partial charge on any atom is 0.414 e. The number of benzene rings is 1. The van der Waals surface area contributed by atoms with Crippen LogP contribution in [0.25, 0.3) is 11.1 Å². The first-order valence-electron chi connectivity index (χ1n) is 13.3. The Bertz CT molecular complexity index is 1380. The highest BCUT2D eigenvalue weighted by Crippen LogP contribution is 2.33. The van der Waals surface area contributed by atoms with Crippen LogP contribution in [0.15, 0.2) is 46.6 Å². The second-order valence-corrected chi connectivity index (χ2v) is 12.6. The van der Waals surface area contributed by atoms with Gasteiger partial charge in [0.25, 0.3) is 5.91 Å². The number of hydrogen-bond donors (Lipinski definition) is 1. The molecule has 220 valence electrons. The Morgan fingerprint density at radius 3 is 2.27 bits per heavy atom. The van der Waals surface area contributed by atoms with E-state index in [0.717, 1.165) is 11.1 Å². The lowest BCUT2D eigenvalue weighted by atomic mass is 10.1. The van der Waals surface area contributed by atoms with E-state index in [-0.39, 0.29) is 11.1 Å². The molecule has 0 atom stereocenters. The Balaban J connectivity index is 1.49. The third-order valence-electron chi connectivity index (χ3n) is 6.07. The summed E-state index contributed by atoms with van der Waals surface area (Å²) in [5.74, 6) is 0.263. The smallest absolute Gasteiger partial charge is 0.414 e. The maximum absolute atomic E-state index is 13.4. The van der Waals surface area contributed by atoms with Crippen LogP contribution in [0.2, 0.25) is 0 Å². The molecule has 11 nitrogen and oxygen atoms in total. The van der Waals surface area contributed by atoms with Gasteiger partial charge in [0.1, 0.15) is 17.0 Å². The first-order valence-corrected chi connectivity index (χ1v) is 14.2. The van der Waals surface area contributed by atoms with Gasteiger partial charge in [-0.05, 0) is 65.3 Å². The zero-order valence-electron chi connectivity index (χ0n) is 24.5. The van der Waals surface area contributed by atoms with Crippen LogP contribution in [0.3, 0.4) is 0 Å². The highest BCUT2D eigenvalue weighted by molar-refractivity contribution is 7.12. The van der Waals surface area contributed by atoms with E-state index < -0.39 is 23.2 Å². The van der Waals surface area contributed by atoms with Gasteiger partial charge in [-0.15, -0.1) is 11.3 Å². The molecular weight excluding hydrogens is 546 g/mol. The number of thiazole rings is 1. The number of ether oxygens (including phenoxy) is 2. The van der Waals surface area contributed by atoms with E-state index >= 15 is 0 Å². The van der Waals surface area contributed by atoms with Crippen molar-refractivity contribution in [3.8, 4) is 11.1 Å². The van der Waals surface area contributed by atoms with Crippen molar-refractivity contribution in [1.82, 2.24) is 9.88 Å². The quantitative estimate of drug-likeness (QED) is 0.384. The summed E-state index contributed by atoms with van der Waals surface area (Å²) in [7, 11) is 1.59.